The molecule has 0 radical (unpaired) electrons. The number of hydrogen-bond acceptors (Lipinski definition) is 5. The van der Waals surface area contributed by atoms with Crippen molar-refractivity contribution in [2.24, 2.45) is 0 Å². The Morgan fingerprint density at radius 2 is 1.70 bits per heavy atom. The highest BCUT2D eigenvalue weighted by Gasteiger charge is 2.21. The first-order valence-corrected chi connectivity index (χ1v) is 8.55. The average Bonchev–Trinajstić information content (AvgIpc) is 2.68. The van der Waals surface area contributed by atoms with Gasteiger partial charge in [-0.2, -0.15) is 0 Å². The van der Waals surface area contributed by atoms with Crippen molar-refractivity contribution in [1.29, 1.82) is 0 Å². The molecular weight excluding hydrogens is 368 g/mol. The highest BCUT2D eigenvalue weighted by Crippen LogP contribution is 2.21. The number of carbonyl (C=O) groups excluding carboxylic acids is 1. The normalized spacial score (nSPS) is 14.3. The lowest BCUT2D eigenvalue weighted by atomic mass is 10.1. The van der Waals surface area contributed by atoms with E-state index in [9.17, 15) is 14.7 Å². The summed E-state index contributed by atoms with van der Waals surface area (Å²) in [6, 6.07) is 14.8. The minimum absolute atomic E-state index is 0. The number of aromatic carboxylic acids is 1. The first-order valence-electron chi connectivity index (χ1n) is 8.55. The lowest BCUT2D eigenvalue weighted by Crippen LogP contribution is -2.48. The molecule has 144 valence electrons. The van der Waals surface area contributed by atoms with Crippen LogP contribution in [0.2, 0.25) is 0 Å². The monoisotopic (exact) mass is 390 g/mol. The van der Waals surface area contributed by atoms with Crippen LogP contribution in [0.15, 0.2) is 48.5 Å². The van der Waals surface area contributed by atoms with Crippen molar-refractivity contribution in [1.82, 2.24) is 4.90 Å². The van der Waals surface area contributed by atoms with Crippen LogP contribution in [0.1, 0.15) is 20.7 Å². The van der Waals surface area contributed by atoms with E-state index in [0.717, 1.165) is 26.2 Å². The quantitative estimate of drug-likeness (QED) is 0.765. The van der Waals surface area contributed by atoms with Gasteiger partial charge >= 0.3 is 5.97 Å². The summed E-state index contributed by atoms with van der Waals surface area (Å²) in [5.41, 5.74) is 1.60. The molecule has 0 amide bonds. The average molecular weight is 391 g/mol. The summed E-state index contributed by atoms with van der Waals surface area (Å²) in [4.78, 5) is 28.3. The molecule has 2 aromatic carbocycles. The number of rotatable bonds is 6. The molecule has 0 saturated carbocycles. The molecule has 1 aliphatic rings. The van der Waals surface area contributed by atoms with Crippen LogP contribution in [-0.4, -0.2) is 61.6 Å². The number of Topliss-reactive ketones (excluding diaryl/α,β-unsaturated/α-hetero) is 1. The fourth-order valence-electron chi connectivity index (χ4n) is 3.15. The van der Waals surface area contributed by atoms with Crippen LogP contribution >= 0.6 is 12.4 Å². The Morgan fingerprint density at radius 3 is 2.30 bits per heavy atom. The molecule has 0 bridgehead atoms. The van der Waals surface area contributed by atoms with Crippen LogP contribution in [0, 0.1) is 0 Å². The molecule has 2 aromatic rings. The number of para-hydroxylation sites is 1. The standard InChI is InChI=1S/C20H22N2O4.ClH/c1-26-19-8-7-15(13-17(19)20(24)25)18(23)14-21-9-11-22(12-10-21)16-5-3-2-4-6-16;/h2-8,13H,9-12,14H2,1H3,(H,24,25);1H. The fraction of sp³-hybridized carbons (Fsp3) is 0.300. The molecule has 0 aromatic heterocycles. The second kappa shape index (κ2) is 9.39. The minimum Gasteiger partial charge on any atom is -0.496 e. The van der Waals surface area contributed by atoms with Crippen molar-refractivity contribution in [3.63, 3.8) is 0 Å². The zero-order valence-electron chi connectivity index (χ0n) is 15.1. The van der Waals surface area contributed by atoms with E-state index >= 15 is 0 Å². The molecule has 1 aliphatic heterocycles. The number of piperazine rings is 1. The summed E-state index contributed by atoms with van der Waals surface area (Å²) in [6.45, 7) is 3.60. The van der Waals surface area contributed by atoms with Crippen molar-refractivity contribution in [3.05, 3.63) is 59.7 Å². The van der Waals surface area contributed by atoms with E-state index in [0.29, 0.717) is 5.56 Å². The van der Waals surface area contributed by atoms with Gasteiger partial charge in [0.25, 0.3) is 0 Å². The van der Waals surface area contributed by atoms with Gasteiger partial charge in [0.1, 0.15) is 11.3 Å². The predicted molar refractivity (Wildman–Crippen MR) is 107 cm³/mol. The highest BCUT2D eigenvalue weighted by molar-refractivity contribution is 6.01. The molecule has 6 nitrogen and oxygen atoms in total. The molecule has 0 atom stereocenters. The molecule has 7 heteroatoms. The van der Waals surface area contributed by atoms with Gasteiger partial charge in [-0.05, 0) is 30.3 Å². The number of methoxy groups -OCH3 is 1. The fourth-order valence-corrected chi connectivity index (χ4v) is 3.15. The summed E-state index contributed by atoms with van der Waals surface area (Å²) in [6.07, 6.45) is 0. The van der Waals surface area contributed by atoms with Crippen molar-refractivity contribution >= 4 is 29.8 Å². The third-order valence-electron chi connectivity index (χ3n) is 4.61. The second-order valence-corrected chi connectivity index (χ2v) is 6.24. The van der Waals surface area contributed by atoms with Crippen LogP contribution in [0.25, 0.3) is 0 Å². The van der Waals surface area contributed by atoms with E-state index in [1.54, 1.807) is 6.07 Å². The van der Waals surface area contributed by atoms with Crippen LogP contribution in [0.4, 0.5) is 5.69 Å². The Hall–Kier alpha value is -2.57. The van der Waals surface area contributed by atoms with E-state index < -0.39 is 5.97 Å². The van der Waals surface area contributed by atoms with Crippen LogP contribution < -0.4 is 9.64 Å². The molecule has 0 spiro atoms. The lowest BCUT2D eigenvalue weighted by Gasteiger charge is -2.35. The van der Waals surface area contributed by atoms with Gasteiger partial charge in [0, 0.05) is 37.4 Å². The number of ether oxygens (including phenoxy) is 1. The van der Waals surface area contributed by atoms with Crippen molar-refractivity contribution in [2.45, 2.75) is 0 Å². The maximum atomic E-state index is 12.5. The Balaban J connectivity index is 0.00000261. The van der Waals surface area contributed by atoms with Crippen molar-refractivity contribution in [2.75, 3.05) is 44.7 Å². The maximum absolute atomic E-state index is 12.5. The third-order valence-corrected chi connectivity index (χ3v) is 4.61. The first kappa shape index (κ1) is 20.7. The SMILES string of the molecule is COc1ccc(C(=O)CN2CCN(c3ccccc3)CC2)cc1C(=O)O.Cl. The van der Waals surface area contributed by atoms with Gasteiger partial charge in [-0.15, -0.1) is 12.4 Å². The molecule has 27 heavy (non-hydrogen) atoms. The maximum Gasteiger partial charge on any atom is 0.339 e. The summed E-state index contributed by atoms with van der Waals surface area (Å²) in [5, 5.41) is 9.25. The molecule has 0 aliphatic carbocycles. The number of halogens is 1. The topological polar surface area (TPSA) is 70.1 Å². The predicted octanol–water partition coefficient (Wildman–Crippen LogP) is 2.82. The van der Waals surface area contributed by atoms with E-state index in [-0.39, 0.29) is 36.0 Å². The summed E-state index contributed by atoms with van der Waals surface area (Å²) in [5.74, 6) is -0.929. The van der Waals surface area contributed by atoms with E-state index in [2.05, 4.69) is 21.9 Å². The molecule has 0 unspecified atom stereocenters. The first-order chi connectivity index (χ1) is 12.6. The van der Waals surface area contributed by atoms with Crippen LogP contribution in [0.3, 0.4) is 0 Å². The van der Waals surface area contributed by atoms with Gasteiger partial charge in [-0.25, -0.2) is 4.79 Å². The van der Waals surface area contributed by atoms with Gasteiger partial charge in [-0.3, -0.25) is 9.69 Å². The highest BCUT2D eigenvalue weighted by atomic mass is 35.5. The number of hydrogen-bond donors (Lipinski definition) is 1. The van der Waals surface area contributed by atoms with E-state index in [1.807, 2.05) is 18.2 Å². The number of carboxylic acids is 1. The zero-order chi connectivity index (χ0) is 18.5. The number of ketones is 1. The van der Waals surface area contributed by atoms with Gasteiger partial charge in [0.2, 0.25) is 0 Å². The summed E-state index contributed by atoms with van der Waals surface area (Å²) < 4.78 is 5.04. The summed E-state index contributed by atoms with van der Waals surface area (Å²) in [7, 11) is 1.41. The Bertz CT molecular complexity index is 790. The van der Waals surface area contributed by atoms with Gasteiger partial charge < -0.3 is 14.7 Å². The lowest BCUT2D eigenvalue weighted by molar-refractivity contribution is 0.0693. The van der Waals surface area contributed by atoms with Gasteiger partial charge in [0.15, 0.2) is 5.78 Å². The van der Waals surface area contributed by atoms with Crippen LogP contribution in [0.5, 0.6) is 5.75 Å². The molecule has 3 rings (SSSR count). The molecule has 1 N–H and O–H groups in total. The molecule has 1 fully saturated rings. The van der Waals surface area contributed by atoms with Crippen molar-refractivity contribution in [3.8, 4) is 5.75 Å². The van der Waals surface area contributed by atoms with Gasteiger partial charge in [0.05, 0.1) is 13.7 Å². The minimum atomic E-state index is -1.10. The number of anilines is 1. The number of benzene rings is 2. The largest absolute Gasteiger partial charge is 0.496 e. The third kappa shape index (κ3) is 4.99. The molecule has 1 saturated heterocycles. The Kier molecular flexibility index (Phi) is 7.21. The Morgan fingerprint density at radius 1 is 1.04 bits per heavy atom. The van der Waals surface area contributed by atoms with E-state index in [4.69, 9.17) is 4.74 Å². The number of carboxylic acid groups (broad SMARTS) is 1. The zero-order valence-corrected chi connectivity index (χ0v) is 15.9. The Labute approximate surface area is 164 Å². The van der Waals surface area contributed by atoms with Crippen LogP contribution in [-0.2, 0) is 0 Å². The molecular formula is C20H23ClN2O4. The number of nitrogens with zero attached hydrogens (tertiary/aromatic N) is 2. The van der Waals surface area contributed by atoms with Gasteiger partial charge in [-0.1, -0.05) is 18.2 Å². The van der Waals surface area contributed by atoms with Crippen molar-refractivity contribution < 1.29 is 19.4 Å². The van der Waals surface area contributed by atoms with E-state index in [1.165, 1.54) is 24.9 Å². The smallest absolute Gasteiger partial charge is 0.339 e. The molecule has 1 heterocycles. The second-order valence-electron chi connectivity index (χ2n) is 6.24. The number of carbonyl (C=O) groups is 2. The summed E-state index contributed by atoms with van der Waals surface area (Å²) >= 11 is 0.